The third kappa shape index (κ3) is 4.71. The molecule has 180 valence electrons. The van der Waals surface area contributed by atoms with Crippen molar-refractivity contribution in [2.75, 3.05) is 23.0 Å². The van der Waals surface area contributed by atoms with Crippen molar-refractivity contribution in [3.05, 3.63) is 72.1 Å². The second-order valence-electron chi connectivity index (χ2n) is 8.10. The molecule has 2 aromatic carbocycles. The second-order valence-corrected chi connectivity index (χ2v) is 10.2. The van der Waals surface area contributed by atoms with Gasteiger partial charge in [-0.1, -0.05) is 30.3 Å². The summed E-state index contributed by atoms with van der Waals surface area (Å²) in [4.78, 5) is 9.10. The third-order valence-electron chi connectivity index (χ3n) is 5.80. The van der Waals surface area contributed by atoms with E-state index in [9.17, 15) is 18.6 Å². The van der Waals surface area contributed by atoms with Crippen LogP contribution < -0.4 is 10.6 Å². The van der Waals surface area contributed by atoms with Gasteiger partial charge in [0.15, 0.2) is 9.84 Å². The molecule has 0 amide bonds. The molecule has 1 aliphatic rings. The molecule has 2 aromatic heterocycles. The zero-order valence-electron chi connectivity index (χ0n) is 18.5. The standard InChI is InChI=1S/C23H23N7O4S/c31-13-19(14-4-2-1-3-5-14)27-22-17(18-12-25-30-29-18)11-24-23(28-22)26-15-6-7-21-16(10-15)20(32)8-9-35(21,33)34/h1-7,10-12,19-20,31-32H,8-9,13H2,(H,25,29,30)(H2,24,26,27,28)/t19-,20?/m1/s1. The van der Waals surface area contributed by atoms with Gasteiger partial charge in [0.25, 0.3) is 0 Å². The van der Waals surface area contributed by atoms with Gasteiger partial charge in [-0.3, -0.25) is 0 Å². The second kappa shape index (κ2) is 9.41. The number of aliphatic hydroxyl groups is 2. The van der Waals surface area contributed by atoms with Crippen LogP contribution in [0.15, 0.2) is 65.8 Å². The molecule has 1 unspecified atom stereocenters. The number of benzene rings is 2. The van der Waals surface area contributed by atoms with Gasteiger partial charge in [0.2, 0.25) is 5.95 Å². The van der Waals surface area contributed by atoms with Crippen molar-refractivity contribution in [2.45, 2.75) is 23.5 Å². The van der Waals surface area contributed by atoms with E-state index in [2.05, 4.69) is 36.0 Å². The lowest BCUT2D eigenvalue weighted by Gasteiger charge is -2.22. The number of aromatic nitrogens is 5. The molecule has 1 aliphatic heterocycles. The van der Waals surface area contributed by atoms with E-state index in [0.29, 0.717) is 28.3 Å². The minimum Gasteiger partial charge on any atom is -0.394 e. The Morgan fingerprint density at radius 3 is 2.71 bits per heavy atom. The summed E-state index contributed by atoms with van der Waals surface area (Å²) < 4.78 is 24.7. The van der Waals surface area contributed by atoms with Gasteiger partial charge in [0.1, 0.15) is 11.5 Å². The summed E-state index contributed by atoms with van der Waals surface area (Å²) in [6.07, 6.45) is 2.41. The van der Waals surface area contributed by atoms with Crippen LogP contribution in [0.3, 0.4) is 0 Å². The van der Waals surface area contributed by atoms with Gasteiger partial charge in [0.05, 0.1) is 41.2 Å². The predicted molar refractivity (Wildman–Crippen MR) is 129 cm³/mol. The van der Waals surface area contributed by atoms with Crippen LogP contribution in [0.2, 0.25) is 0 Å². The maximum Gasteiger partial charge on any atom is 0.229 e. The van der Waals surface area contributed by atoms with E-state index in [1.807, 2.05) is 30.3 Å². The van der Waals surface area contributed by atoms with E-state index in [1.54, 1.807) is 24.5 Å². The fourth-order valence-corrected chi connectivity index (χ4v) is 5.57. The first-order valence-electron chi connectivity index (χ1n) is 10.9. The zero-order valence-corrected chi connectivity index (χ0v) is 19.3. The van der Waals surface area contributed by atoms with Gasteiger partial charge in [-0.2, -0.15) is 20.4 Å². The van der Waals surface area contributed by atoms with Crippen LogP contribution >= 0.6 is 0 Å². The minimum absolute atomic E-state index is 0.0803. The maximum atomic E-state index is 12.3. The lowest BCUT2D eigenvalue weighted by atomic mass is 10.1. The molecular weight excluding hydrogens is 470 g/mol. The van der Waals surface area contributed by atoms with Crippen LogP contribution in [0.4, 0.5) is 17.5 Å². The first kappa shape index (κ1) is 22.9. The Hall–Kier alpha value is -3.87. The van der Waals surface area contributed by atoms with E-state index in [0.717, 1.165) is 5.56 Å². The van der Waals surface area contributed by atoms with Crippen molar-refractivity contribution >= 4 is 27.3 Å². The molecule has 0 fully saturated rings. The third-order valence-corrected chi connectivity index (χ3v) is 7.61. The maximum absolute atomic E-state index is 12.3. The number of H-pyrrole nitrogens is 1. The Balaban J connectivity index is 1.49. The van der Waals surface area contributed by atoms with Crippen LogP contribution in [0.25, 0.3) is 11.3 Å². The van der Waals surface area contributed by atoms with E-state index < -0.39 is 22.0 Å². The largest absolute Gasteiger partial charge is 0.394 e. The van der Waals surface area contributed by atoms with Gasteiger partial charge in [-0.15, -0.1) is 0 Å². The molecule has 0 aliphatic carbocycles. The Labute approximate surface area is 201 Å². The van der Waals surface area contributed by atoms with E-state index >= 15 is 0 Å². The normalized spacial score (nSPS) is 17.4. The number of aromatic amines is 1. The number of hydrogen-bond donors (Lipinski definition) is 5. The molecule has 4 aromatic rings. The van der Waals surface area contributed by atoms with Crippen LogP contribution in [-0.2, 0) is 9.84 Å². The number of nitrogens with one attached hydrogen (secondary N) is 3. The lowest BCUT2D eigenvalue weighted by Crippen LogP contribution is -2.20. The average molecular weight is 494 g/mol. The summed E-state index contributed by atoms with van der Waals surface area (Å²) >= 11 is 0. The zero-order chi connectivity index (χ0) is 24.4. The molecule has 35 heavy (non-hydrogen) atoms. The molecule has 2 atom stereocenters. The molecule has 0 saturated carbocycles. The first-order valence-corrected chi connectivity index (χ1v) is 12.6. The Bertz CT molecular complexity index is 1430. The average Bonchev–Trinajstić information content (AvgIpc) is 3.40. The highest BCUT2D eigenvalue weighted by molar-refractivity contribution is 7.91. The van der Waals surface area contributed by atoms with Crippen LogP contribution in [0.5, 0.6) is 0 Å². The van der Waals surface area contributed by atoms with E-state index in [4.69, 9.17) is 0 Å². The number of aliphatic hydroxyl groups excluding tert-OH is 2. The number of nitrogens with zero attached hydrogens (tertiary/aromatic N) is 4. The molecule has 11 nitrogen and oxygen atoms in total. The monoisotopic (exact) mass is 493 g/mol. The number of hydrogen-bond acceptors (Lipinski definition) is 10. The molecule has 5 rings (SSSR count). The van der Waals surface area contributed by atoms with Crippen molar-refractivity contribution in [3.63, 3.8) is 0 Å². The van der Waals surface area contributed by atoms with E-state index in [-0.39, 0.29) is 29.6 Å². The van der Waals surface area contributed by atoms with E-state index in [1.165, 1.54) is 6.07 Å². The van der Waals surface area contributed by atoms with Crippen LogP contribution in [0, 0.1) is 0 Å². The summed E-state index contributed by atoms with van der Waals surface area (Å²) in [5.74, 6) is 0.570. The Kier molecular flexibility index (Phi) is 6.16. The predicted octanol–water partition coefficient (Wildman–Crippen LogP) is 2.36. The molecule has 12 heteroatoms. The lowest BCUT2D eigenvalue weighted by molar-refractivity contribution is 0.168. The highest BCUT2D eigenvalue weighted by atomic mass is 32.2. The van der Waals surface area contributed by atoms with Gasteiger partial charge in [0, 0.05) is 17.4 Å². The summed E-state index contributed by atoms with van der Waals surface area (Å²) in [5, 5.41) is 37.2. The first-order chi connectivity index (χ1) is 16.9. The van der Waals surface area contributed by atoms with Crippen molar-refractivity contribution < 1.29 is 18.6 Å². The summed E-state index contributed by atoms with van der Waals surface area (Å²) in [6, 6.07) is 13.7. The van der Waals surface area contributed by atoms with Gasteiger partial charge >= 0.3 is 0 Å². The molecule has 0 bridgehead atoms. The Morgan fingerprint density at radius 1 is 1.14 bits per heavy atom. The summed E-state index contributed by atoms with van der Waals surface area (Å²) in [6.45, 7) is -0.174. The van der Waals surface area contributed by atoms with Crippen LogP contribution in [-0.4, -0.2) is 56.4 Å². The topological polar surface area (TPSA) is 166 Å². The molecule has 5 N–H and O–H groups in total. The highest BCUT2D eigenvalue weighted by Crippen LogP contribution is 2.35. The highest BCUT2D eigenvalue weighted by Gasteiger charge is 2.29. The van der Waals surface area contributed by atoms with Gasteiger partial charge < -0.3 is 20.8 Å². The minimum atomic E-state index is -3.41. The summed E-state index contributed by atoms with van der Waals surface area (Å²) in [5.41, 5.74) is 2.85. The smallest absolute Gasteiger partial charge is 0.229 e. The molecule has 0 radical (unpaired) electrons. The molecule has 0 saturated heterocycles. The number of rotatable bonds is 7. The SMILES string of the molecule is O=S1(=O)CCC(O)c2cc(Nc3ncc(-c4cn[nH]n4)c(N[C@H](CO)c4ccccc4)n3)ccc21. The number of sulfone groups is 1. The number of anilines is 3. The fraction of sp³-hybridized carbons (Fsp3) is 0.217. The van der Waals surface area contributed by atoms with Gasteiger partial charge in [-0.25, -0.2) is 13.4 Å². The van der Waals surface area contributed by atoms with Crippen molar-refractivity contribution in [2.24, 2.45) is 0 Å². The fourth-order valence-electron chi connectivity index (χ4n) is 3.99. The molecular formula is C23H23N7O4S. The number of fused-ring (bicyclic) bond motifs is 1. The van der Waals surface area contributed by atoms with Crippen molar-refractivity contribution in [3.8, 4) is 11.3 Å². The molecule has 3 heterocycles. The van der Waals surface area contributed by atoms with Gasteiger partial charge in [-0.05, 0) is 30.2 Å². The van der Waals surface area contributed by atoms with Crippen LogP contribution in [0.1, 0.15) is 29.7 Å². The van der Waals surface area contributed by atoms with Crippen molar-refractivity contribution in [1.82, 2.24) is 25.4 Å². The van der Waals surface area contributed by atoms with Crippen molar-refractivity contribution in [1.29, 1.82) is 0 Å². The Morgan fingerprint density at radius 2 is 1.97 bits per heavy atom. The molecule has 0 spiro atoms. The summed E-state index contributed by atoms with van der Waals surface area (Å²) in [7, 11) is -3.41. The quantitative estimate of drug-likeness (QED) is 0.258.